The van der Waals surface area contributed by atoms with Crippen molar-refractivity contribution in [2.75, 3.05) is 0 Å². The molecule has 1 aliphatic carbocycles. The maximum atomic E-state index is 12.2. The summed E-state index contributed by atoms with van der Waals surface area (Å²) in [5.74, 6) is 0.769. The molecule has 0 aromatic carbocycles. The van der Waals surface area contributed by atoms with Crippen LogP contribution >= 0.6 is 0 Å². The molecule has 2 aliphatic rings. The molecular weight excluding hydrogens is 226 g/mol. The van der Waals surface area contributed by atoms with E-state index in [1.165, 1.54) is 12.8 Å². The van der Waals surface area contributed by atoms with Gasteiger partial charge in [-0.3, -0.25) is 9.79 Å². The molecule has 1 aliphatic heterocycles. The van der Waals surface area contributed by atoms with E-state index in [2.05, 4.69) is 4.99 Å². The number of carbonyl (C=O) groups is 1. The van der Waals surface area contributed by atoms with Crippen LogP contribution in [0.4, 0.5) is 0 Å². The lowest BCUT2D eigenvalue weighted by Crippen LogP contribution is -2.40. The molecule has 4 nitrogen and oxygen atoms in total. The topological polar surface area (TPSA) is 58.7 Å². The molecule has 1 fully saturated rings. The Balaban J connectivity index is 2.23. The summed E-state index contributed by atoms with van der Waals surface area (Å²) in [6.45, 7) is 3.97. The number of amides is 1. The fourth-order valence-corrected chi connectivity index (χ4v) is 2.97. The summed E-state index contributed by atoms with van der Waals surface area (Å²) in [6.07, 6.45) is 7.95. The van der Waals surface area contributed by atoms with E-state index >= 15 is 0 Å². The quantitative estimate of drug-likeness (QED) is 0.833. The Hall–Kier alpha value is -1.32. The molecule has 1 amide bonds. The lowest BCUT2D eigenvalue weighted by Gasteiger charge is -2.33. The molecule has 18 heavy (non-hydrogen) atoms. The molecule has 0 aromatic rings. The van der Waals surface area contributed by atoms with E-state index in [4.69, 9.17) is 5.73 Å². The van der Waals surface area contributed by atoms with E-state index in [9.17, 15) is 4.79 Å². The summed E-state index contributed by atoms with van der Waals surface area (Å²) < 4.78 is 0. The van der Waals surface area contributed by atoms with E-state index in [1.807, 2.05) is 24.8 Å². The van der Waals surface area contributed by atoms with Crippen LogP contribution in [0.2, 0.25) is 0 Å². The first-order valence-electron chi connectivity index (χ1n) is 6.97. The van der Waals surface area contributed by atoms with Crippen LogP contribution in [0.15, 0.2) is 16.8 Å². The van der Waals surface area contributed by atoms with E-state index in [0.717, 1.165) is 25.0 Å². The largest absolute Gasteiger partial charge is 0.384 e. The third-order valence-electron chi connectivity index (χ3n) is 3.76. The fraction of sp³-hybridized carbons (Fsp3) is 0.714. The number of carbonyl (C=O) groups excluding carboxylic acids is 1. The van der Waals surface area contributed by atoms with Crippen LogP contribution < -0.4 is 5.73 Å². The van der Waals surface area contributed by atoms with Gasteiger partial charge in [0, 0.05) is 24.6 Å². The predicted octanol–water partition coefficient (Wildman–Crippen LogP) is 2.20. The number of dihydropyridines is 1. The number of nitrogens with two attached hydrogens (primary N) is 1. The zero-order valence-electron chi connectivity index (χ0n) is 11.4. The third kappa shape index (κ3) is 2.74. The average molecular weight is 249 g/mol. The van der Waals surface area contributed by atoms with Crippen molar-refractivity contribution in [3.63, 3.8) is 0 Å². The summed E-state index contributed by atoms with van der Waals surface area (Å²) in [5.41, 5.74) is 6.89. The molecule has 2 rings (SSSR count). The SMILES string of the molecule is CCC(=O)N(C1=CC(N)=NC(C)C1)C1CCCC1. The van der Waals surface area contributed by atoms with Gasteiger partial charge < -0.3 is 10.6 Å². The highest BCUT2D eigenvalue weighted by Crippen LogP contribution is 2.30. The minimum absolute atomic E-state index is 0.179. The molecule has 0 radical (unpaired) electrons. The van der Waals surface area contributed by atoms with Gasteiger partial charge in [-0.2, -0.15) is 0 Å². The first-order valence-corrected chi connectivity index (χ1v) is 6.97. The lowest BCUT2D eigenvalue weighted by atomic mass is 10.1. The maximum Gasteiger partial charge on any atom is 0.226 e. The van der Waals surface area contributed by atoms with Crippen LogP contribution in [-0.2, 0) is 4.79 Å². The van der Waals surface area contributed by atoms with Gasteiger partial charge in [-0.1, -0.05) is 19.8 Å². The Morgan fingerprint density at radius 2 is 2.17 bits per heavy atom. The summed E-state index contributed by atoms with van der Waals surface area (Å²) in [7, 11) is 0. The molecule has 1 unspecified atom stereocenters. The Morgan fingerprint density at radius 3 is 2.72 bits per heavy atom. The molecule has 0 aromatic heterocycles. The monoisotopic (exact) mass is 249 g/mol. The van der Waals surface area contributed by atoms with E-state index in [-0.39, 0.29) is 11.9 Å². The Labute approximate surface area is 109 Å². The first kappa shape index (κ1) is 13.1. The van der Waals surface area contributed by atoms with Crippen molar-refractivity contribution in [2.45, 2.75) is 64.5 Å². The molecule has 0 spiro atoms. The van der Waals surface area contributed by atoms with Gasteiger partial charge in [0.1, 0.15) is 5.84 Å². The smallest absolute Gasteiger partial charge is 0.226 e. The molecule has 1 heterocycles. The number of nitrogens with zero attached hydrogens (tertiary/aromatic N) is 2. The fourth-order valence-electron chi connectivity index (χ4n) is 2.97. The second kappa shape index (κ2) is 5.55. The Morgan fingerprint density at radius 1 is 1.50 bits per heavy atom. The summed E-state index contributed by atoms with van der Waals surface area (Å²) in [6, 6.07) is 0.556. The third-order valence-corrected chi connectivity index (χ3v) is 3.76. The molecule has 1 saturated carbocycles. The Bertz CT molecular complexity index is 381. The molecule has 4 heteroatoms. The van der Waals surface area contributed by atoms with E-state index < -0.39 is 0 Å². The van der Waals surface area contributed by atoms with Gasteiger partial charge in [0.05, 0.1) is 6.04 Å². The summed E-state index contributed by atoms with van der Waals surface area (Å²) >= 11 is 0. The van der Waals surface area contributed by atoms with Crippen molar-refractivity contribution in [1.29, 1.82) is 0 Å². The van der Waals surface area contributed by atoms with Crippen LogP contribution in [-0.4, -0.2) is 28.7 Å². The van der Waals surface area contributed by atoms with Crippen molar-refractivity contribution in [3.05, 3.63) is 11.8 Å². The van der Waals surface area contributed by atoms with Gasteiger partial charge >= 0.3 is 0 Å². The van der Waals surface area contributed by atoms with Gasteiger partial charge in [0.15, 0.2) is 0 Å². The molecular formula is C14H23N3O. The second-order valence-electron chi connectivity index (χ2n) is 5.30. The summed E-state index contributed by atoms with van der Waals surface area (Å²) in [4.78, 5) is 18.5. The normalized spacial score (nSPS) is 24.7. The average Bonchev–Trinajstić information content (AvgIpc) is 2.81. The highest BCUT2D eigenvalue weighted by atomic mass is 16.2. The number of hydrogen-bond donors (Lipinski definition) is 1. The second-order valence-corrected chi connectivity index (χ2v) is 5.30. The van der Waals surface area contributed by atoms with Crippen LogP contribution in [0.5, 0.6) is 0 Å². The molecule has 1 atom stereocenters. The van der Waals surface area contributed by atoms with Crippen molar-refractivity contribution >= 4 is 11.7 Å². The van der Waals surface area contributed by atoms with Crippen molar-refractivity contribution in [1.82, 2.24) is 4.90 Å². The van der Waals surface area contributed by atoms with Crippen LogP contribution in [0.25, 0.3) is 0 Å². The predicted molar refractivity (Wildman–Crippen MR) is 73.2 cm³/mol. The molecule has 100 valence electrons. The zero-order valence-corrected chi connectivity index (χ0v) is 11.4. The van der Waals surface area contributed by atoms with Crippen LogP contribution in [0.1, 0.15) is 52.4 Å². The number of hydrogen-bond acceptors (Lipinski definition) is 3. The molecule has 2 N–H and O–H groups in total. The van der Waals surface area contributed by atoms with Gasteiger partial charge in [0.25, 0.3) is 0 Å². The number of amidine groups is 1. The standard InChI is InChI=1S/C14H23N3O/c1-3-14(18)17(11-6-4-5-7-11)12-8-10(2)16-13(15)9-12/h9-11H,3-8H2,1-2H3,(H2,15,16). The summed E-state index contributed by atoms with van der Waals surface area (Å²) in [5, 5.41) is 0. The van der Waals surface area contributed by atoms with Crippen molar-refractivity contribution < 1.29 is 4.79 Å². The Kier molecular flexibility index (Phi) is 4.04. The zero-order chi connectivity index (χ0) is 13.1. The van der Waals surface area contributed by atoms with E-state index in [0.29, 0.717) is 18.3 Å². The number of aliphatic imine (C=N–C) groups is 1. The van der Waals surface area contributed by atoms with Crippen LogP contribution in [0.3, 0.4) is 0 Å². The highest BCUT2D eigenvalue weighted by molar-refractivity contribution is 5.93. The van der Waals surface area contributed by atoms with Crippen LogP contribution in [0, 0.1) is 0 Å². The van der Waals surface area contributed by atoms with Crippen molar-refractivity contribution in [3.8, 4) is 0 Å². The first-order chi connectivity index (χ1) is 8.61. The van der Waals surface area contributed by atoms with Crippen molar-refractivity contribution in [2.24, 2.45) is 10.7 Å². The molecule has 0 saturated heterocycles. The highest BCUT2D eigenvalue weighted by Gasteiger charge is 2.30. The van der Waals surface area contributed by atoms with E-state index in [1.54, 1.807) is 0 Å². The minimum atomic E-state index is 0.179. The van der Waals surface area contributed by atoms with Gasteiger partial charge in [-0.05, 0) is 25.8 Å². The minimum Gasteiger partial charge on any atom is -0.384 e. The van der Waals surface area contributed by atoms with Gasteiger partial charge in [-0.25, -0.2) is 0 Å². The number of rotatable bonds is 3. The van der Waals surface area contributed by atoms with Gasteiger partial charge in [0.2, 0.25) is 5.91 Å². The maximum absolute atomic E-state index is 12.2. The molecule has 0 bridgehead atoms. The van der Waals surface area contributed by atoms with Gasteiger partial charge in [-0.15, -0.1) is 0 Å². The lowest BCUT2D eigenvalue weighted by molar-refractivity contribution is -0.131.